The van der Waals surface area contributed by atoms with Crippen molar-refractivity contribution < 1.29 is 9.53 Å². The average Bonchev–Trinajstić information content (AvgIpc) is 2.37. The van der Waals surface area contributed by atoms with Crippen LogP contribution in [0.15, 0.2) is 18.2 Å². The fourth-order valence-electron chi connectivity index (χ4n) is 1.58. The van der Waals surface area contributed by atoms with E-state index in [2.05, 4.69) is 31.4 Å². The molecule has 2 amide bonds. The molecule has 0 aliphatic heterocycles. The minimum absolute atomic E-state index is 0.0800. The Kier molecular flexibility index (Phi) is 6.14. The summed E-state index contributed by atoms with van der Waals surface area (Å²) in [6.07, 6.45) is 0.686. The second-order valence-electron chi connectivity index (χ2n) is 5.88. The molecule has 0 aromatic heterocycles. The number of ether oxygens (including phenoxy) is 1. The van der Waals surface area contributed by atoms with Crippen molar-refractivity contribution in [2.24, 2.45) is 5.41 Å². The van der Waals surface area contributed by atoms with E-state index in [0.29, 0.717) is 24.5 Å². The van der Waals surface area contributed by atoms with Crippen molar-refractivity contribution in [3.8, 4) is 5.75 Å². The third-order valence-electron chi connectivity index (χ3n) is 2.72. The molecule has 1 aromatic rings. The monoisotopic (exact) mass is 298 g/mol. The average molecular weight is 299 g/mol. The molecule has 5 heteroatoms. The molecule has 0 atom stereocenters. The highest BCUT2D eigenvalue weighted by Crippen LogP contribution is 2.22. The molecule has 4 nitrogen and oxygen atoms in total. The van der Waals surface area contributed by atoms with Crippen LogP contribution < -0.4 is 15.4 Å². The van der Waals surface area contributed by atoms with Crippen LogP contribution >= 0.6 is 11.6 Å². The first-order valence-electron chi connectivity index (χ1n) is 6.66. The van der Waals surface area contributed by atoms with Crippen molar-refractivity contribution in [3.63, 3.8) is 0 Å². The molecule has 0 saturated carbocycles. The topological polar surface area (TPSA) is 50.4 Å². The van der Waals surface area contributed by atoms with Crippen LogP contribution in [-0.4, -0.2) is 26.2 Å². The summed E-state index contributed by atoms with van der Waals surface area (Å²) < 4.78 is 5.09. The SMILES string of the molecule is COc1ccc(CCNC(=O)NCC(C)(C)C)c(Cl)c1. The van der Waals surface area contributed by atoms with Crippen LogP contribution in [0.3, 0.4) is 0 Å². The van der Waals surface area contributed by atoms with Gasteiger partial charge >= 0.3 is 6.03 Å². The standard InChI is InChI=1S/C15H23ClN2O2/c1-15(2,3)10-18-14(19)17-8-7-11-5-6-12(20-4)9-13(11)16/h5-6,9H,7-8,10H2,1-4H3,(H2,17,18,19). The predicted molar refractivity (Wildman–Crippen MR) is 82.6 cm³/mol. The van der Waals surface area contributed by atoms with Crippen LogP contribution in [0.5, 0.6) is 5.75 Å². The van der Waals surface area contributed by atoms with Gasteiger partial charge in [0.25, 0.3) is 0 Å². The van der Waals surface area contributed by atoms with E-state index in [-0.39, 0.29) is 11.4 Å². The van der Waals surface area contributed by atoms with E-state index in [0.717, 1.165) is 11.3 Å². The highest BCUT2D eigenvalue weighted by Gasteiger charge is 2.11. The van der Waals surface area contributed by atoms with Gasteiger partial charge in [-0.1, -0.05) is 38.4 Å². The molecule has 0 radical (unpaired) electrons. The number of benzene rings is 1. The summed E-state index contributed by atoms with van der Waals surface area (Å²) in [4.78, 5) is 11.6. The Bertz CT molecular complexity index is 456. The summed E-state index contributed by atoms with van der Waals surface area (Å²) >= 11 is 6.14. The molecule has 0 aliphatic carbocycles. The molecular weight excluding hydrogens is 276 g/mol. The summed E-state index contributed by atoms with van der Waals surface area (Å²) in [5.41, 5.74) is 1.07. The lowest BCUT2D eigenvalue weighted by molar-refractivity contribution is 0.235. The summed E-state index contributed by atoms with van der Waals surface area (Å²) in [5.74, 6) is 0.731. The van der Waals surface area contributed by atoms with E-state index in [1.54, 1.807) is 13.2 Å². The largest absolute Gasteiger partial charge is 0.497 e. The minimum Gasteiger partial charge on any atom is -0.497 e. The first-order chi connectivity index (χ1) is 9.31. The first kappa shape index (κ1) is 16.6. The molecule has 0 fully saturated rings. The van der Waals surface area contributed by atoms with Crippen molar-refractivity contribution in [1.29, 1.82) is 0 Å². The molecule has 1 rings (SSSR count). The molecule has 20 heavy (non-hydrogen) atoms. The summed E-state index contributed by atoms with van der Waals surface area (Å²) in [6, 6.07) is 5.40. The van der Waals surface area contributed by atoms with Gasteiger partial charge in [0.2, 0.25) is 0 Å². The van der Waals surface area contributed by atoms with Crippen LogP contribution in [0, 0.1) is 5.41 Å². The highest BCUT2D eigenvalue weighted by atomic mass is 35.5. The quantitative estimate of drug-likeness (QED) is 0.877. The van der Waals surface area contributed by atoms with Crippen LogP contribution in [-0.2, 0) is 6.42 Å². The van der Waals surface area contributed by atoms with E-state index in [4.69, 9.17) is 16.3 Å². The normalized spacial score (nSPS) is 11.1. The Morgan fingerprint density at radius 2 is 2.00 bits per heavy atom. The van der Waals surface area contributed by atoms with Crippen LogP contribution in [0.2, 0.25) is 5.02 Å². The van der Waals surface area contributed by atoms with Crippen LogP contribution in [0.25, 0.3) is 0 Å². The van der Waals surface area contributed by atoms with Gasteiger partial charge in [0, 0.05) is 18.1 Å². The predicted octanol–water partition coefficient (Wildman–Crippen LogP) is 3.24. The number of amides is 2. The Morgan fingerprint density at radius 1 is 1.30 bits per heavy atom. The third-order valence-corrected chi connectivity index (χ3v) is 3.07. The second-order valence-corrected chi connectivity index (χ2v) is 6.28. The van der Waals surface area contributed by atoms with Gasteiger partial charge in [0.1, 0.15) is 5.75 Å². The van der Waals surface area contributed by atoms with Crippen LogP contribution in [0.4, 0.5) is 4.79 Å². The Morgan fingerprint density at radius 3 is 2.55 bits per heavy atom. The maximum absolute atomic E-state index is 11.6. The number of hydrogen-bond acceptors (Lipinski definition) is 2. The highest BCUT2D eigenvalue weighted by molar-refractivity contribution is 6.31. The molecule has 0 unspecified atom stereocenters. The van der Waals surface area contributed by atoms with Crippen LogP contribution in [0.1, 0.15) is 26.3 Å². The second kappa shape index (κ2) is 7.39. The number of urea groups is 1. The smallest absolute Gasteiger partial charge is 0.314 e. The zero-order valence-electron chi connectivity index (χ0n) is 12.5. The van der Waals surface area contributed by atoms with Crippen molar-refractivity contribution in [3.05, 3.63) is 28.8 Å². The van der Waals surface area contributed by atoms with Gasteiger partial charge in [-0.15, -0.1) is 0 Å². The zero-order valence-corrected chi connectivity index (χ0v) is 13.3. The number of methoxy groups -OCH3 is 1. The van der Waals surface area contributed by atoms with Gasteiger partial charge < -0.3 is 15.4 Å². The molecular formula is C15H23ClN2O2. The number of rotatable bonds is 5. The van der Waals surface area contributed by atoms with Crippen molar-refractivity contribution >= 4 is 17.6 Å². The molecule has 0 aliphatic rings. The van der Waals surface area contributed by atoms with Gasteiger partial charge in [0.15, 0.2) is 0 Å². The molecule has 1 aromatic carbocycles. The van der Waals surface area contributed by atoms with Gasteiger partial charge in [-0.25, -0.2) is 4.79 Å². The molecule has 0 saturated heterocycles. The minimum atomic E-state index is -0.149. The van der Waals surface area contributed by atoms with E-state index in [9.17, 15) is 4.79 Å². The third kappa shape index (κ3) is 6.15. The number of halogens is 1. The zero-order chi connectivity index (χ0) is 15.2. The number of carbonyl (C=O) groups is 1. The Labute approximate surface area is 125 Å². The molecule has 0 spiro atoms. The van der Waals surface area contributed by atoms with E-state index in [1.807, 2.05) is 12.1 Å². The lowest BCUT2D eigenvalue weighted by Gasteiger charge is -2.19. The molecule has 2 N–H and O–H groups in total. The van der Waals surface area contributed by atoms with Gasteiger partial charge in [-0.2, -0.15) is 0 Å². The van der Waals surface area contributed by atoms with E-state index >= 15 is 0 Å². The fraction of sp³-hybridized carbons (Fsp3) is 0.533. The first-order valence-corrected chi connectivity index (χ1v) is 7.04. The lowest BCUT2D eigenvalue weighted by Crippen LogP contribution is -2.40. The van der Waals surface area contributed by atoms with Crippen molar-refractivity contribution in [2.75, 3.05) is 20.2 Å². The van der Waals surface area contributed by atoms with E-state index < -0.39 is 0 Å². The molecule has 0 bridgehead atoms. The van der Waals surface area contributed by atoms with Gasteiger partial charge in [-0.05, 0) is 29.5 Å². The van der Waals surface area contributed by atoms with Gasteiger partial charge in [0.05, 0.1) is 7.11 Å². The number of carbonyl (C=O) groups excluding carboxylic acids is 1. The van der Waals surface area contributed by atoms with Crippen molar-refractivity contribution in [2.45, 2.75) is 27.2 Å². The summed E-state index contributed by atoms with van der Waals surface area (Å²) in [6.45, 7) is 7.41. The fourth-order valence-corrected chi connectivity index (χ4v) is 1.84. The van der Waals surface area contributed by atoms with Gasteiger partial charge in [-0.3, -0.25) is 0 Å². The molecule has 0 heterocycles. The lowest BCUT2D eigenvalue weighted by atomic mass is 9.97. The molecule has 112 valence electrons. The Hall–Kier alpha value is -1.42. The summed E-state index contributed by atoms with van der Waals surface area (Å²) in [7, 11) is 1.60. The van der Waals surface area contributed by atoms with E-state index in [1.165, 1.54) is 0 Å². The maximum Gasteiger partial charge on any atom is 0.314 e. The number of nitrogens with one attached hydrogen (secondary N) is 2. The summed E-state index contributed by atoms with van der Waals surface area (Å²) in [5, 5.41) is 6.31. The van der Waals surface area contributed by atoms with Crippen molar-refractivity contribution in [1.82, 2.24) is 10.6 Å². The maximum atomic E-state index is 11.6. The Balaban J connectivity index is 2.35. The number of hydrogen-bond donors (Lipinski definition) is 2.